The molecule has 0 spiro atoms. The fraction of sp³-hybridized carbons (Fsp3) is 0.800. The van der Waals surface area contributed by atoms with Gasteiger partial charge < -0.3 is 10.6 Å². The summed E-state index contributed by atoms with van der Waals surface area (Å²) in [6.07, 6.45) is 5.99. The molecule has 2 N–H and O–H groups in total. The highest BCUT2D eigenvalue weighted by Gasteiger charge is 2.21. The zero-order valence-corrected chi connectivity index (χ0v) is 13.3. The molecule has 6 nitrogen and oxygen atoms in total. The largest absolute Gasteiger partial charge is 0.348 e. The Balaban J connectivity index is 1.95. The molecule has 21 heavy (non-hydrogen) atoms. The van der Waals surface area contributed by atoms with Crippen molar-refractivity contribution < 1.29 is 4.79 Å². The molecule has 2 heterocycles. The molecule has 1 aromatic heterocycles. The smallest absolute Gasteiger partial charge is 0.273 e. The Morgan fingerprint density at radius 2 is 2.10 bits per heavy atom. The van der Waals surface area contributed by atoms with Gasteiger partial charge in [0.15, 0.2) is 5.69 Å². The standard InChI is InChI=1S/C15H27N5O/c1-4-12(5-2)11(3)17-15(21)14-10-20(19-18-14)13-6-8-16-9-7-13/h10-13,16H,4-9H2,1-3H3,(H,17,21). The first-order valence-corrected chi connectivity index (χ1v) is 8.09. The van der Waals surface area contributed by atoms with Gasteiger partial charge in [-0.25, -0.2) is 4.68 Å². The summed E-state index contributed by atoms with van der Waals surface area (Å²) in [6.45, 7) is 8.37. The van der Waals surface area contributed by atoms with Crippen molar-refractivity contribution in [2.45, 2.75) is 58.5 Å². The van der Waals surface area contributed by atoms with Crippen molar-refractivity contribution in [3.63, 3.8) is 0 Å². The number of carbonyl (C=O) groups is 1. The lowest BCUT2D eigenvalue weighted by atomic mass is 9.95. The van der Waals surface area contributed by atoms with E-state index < -0.39 is 0 Å². The van der Waals surface area contributed by atoms with Crippen molar-refractivity contribution >= 4 is 5.91 Å². The van der Waals surface area contributed by atoms with Crippen molar-refractivity contribution in [3.05, 3.63) is 11.9 Å². The molecular formula is C15H27N5O. The predicted octanol–water partition coefficient (Wildman–Crippen LogP) is 1.76. The Morgan fingerprint density at radius 1 is 1.43 bits per heavy atom. The maximum absolute atomic E-state index is 12.2. The number of hydrogen-bond acceptors (Lipinski definition) is 4. The minimum absolute atomic E-state index is 0.116. The van der Waals surface area contributed by atoms with E-state index in [0.717, 1.165) is 38.8 Å². The second-order valence-corrected chi connectivity index (χ2v) is 5.90. The average Bonchev–Trinajstić information content (AvgIpc) is 2.99. The quantitative estimate of drug-likeness (QED) is 0.838. The van der Waals surface area contributed by atoms with Gasteiger partial charge in [-0.3, -0.25) is 4.79 Å². The van der Waals surface area contributed by atoms with Crippen LogP contribution in [-0.2, 0) is 0 Å². The van der Waals surface area contributed by atoms with Gasteiger partial charge in [-0.15, -0.1) is 5.10 Å². The second kappa shape index (κ2) is 7.54. The normalized spacial score (nSPS) is 17.9. The number of hydrogen-bond donors (Lipinski definition) is 2. The number of nitrogens with zero attached hydrogens (tertiary/aromatic N) is 3. The number of rotatable bonds is 6. The summed E-state index contributed by atoms with van der Waals surface area (Å²) in [6, 6.07) is 0.522. The molecule has 0 bridgehead atoms. The predicted molar refractivity (Wildman–Crippen MR) is 82.2 cm³/mol. The highest BCUT2D eigenvalue weighted by molar-refractivity contribution is 5.92. The average molecular weight is 293 g/mol. The van der Waals surface area contributed by atoms with Crippen molar-refractivity contribution in [2.75, 3.05) is 13.1 Å². The molecule has 1 unspecified atom stereocenters. The molecule has 1 aliphatic rings. The summed E-state index contributed by atoms with van der Waals surface area (Å²) in [5.74, 6) is 0.392. The number of aromatic nitrogens is 3. The molecule has 0 aromatic carbocycles. The van der Waals surface area contributed by atoms with E-state index in [1.54, 1.807) is 6.20 Å². The molecule has 0 radical (unpaired) electrons. The van der Waals surface area contributed by atoms with Crippen molar-refractivity contribution in [1.29, 1.82) is 0 Å². The van der Waals surface area contributed by atoms with E-state index in [0.29, 0.717) is 17.7 Å². The summed E-state index contributed by atoms with van der Waals surface area (Å²) in [5, 5.41) is 14.5. The Morgan fingerprint density at radius 3 is 2.71 bits per heavy atom. The van der Waals surface area contributed by atoms with Gasteiger partial charge >= 0.3 is 0 Å². The summed E-state index contributed by atoms with van der Waals surface area (Å²) in [5.41, 5.74) is 0.423. The minimum atomic E-state index is -0.116. The van der Waals surface area contributed by atoms with Crippen molar-refractivity contribution in [2.24, 2.45) is 5.92 Å². The van der Waals surface area contributed by atoms with Crippen LogP contribution in [0.5, 0.6) is 0 Å². The zero-order valence-electron chi connectivity index (χ0n) is 13.3. The molecule has 0 aliphatic carbocycles. The van der Waals surface area contributed by atoms with Crippen LogP contribution < -0.4 is 10.6 Å². The van der Waals surface area contributed by atoms with E-state index in [-0.39, 0.29) is 11.9 Å². The van der Waals surface area contributed by atoms with E-state index >= 15 is 0 Å². The first-order valence-electron chi connectivity index (χ1n) is 8.09. The monoisotopic (exact) mass is 293 g/mol. The van der Waals surface area contributed by atoms with Gasteiger partial charge in [0, 0.05) is 6.04 Å². The fourth-order valence-electron chi connectivity index (χ4n) is 3.02. The van der Waals surface area contributed by atoms with Gasteiger partial charge in [-0.05, 0) is 38.8 Å². The van der Waals surface area contributed by atoms with Gasteiger partial charge in [-0.2, -0.15) is 0 Å². The van der Waals surface area contributed by atoms with Crippen LogP contribution in [-0.4, -0.2) is 40.0 Å². The van der Waals surface area contributed by atoms with Crippen LogP contribution in [0.3, 0.4) is 0 Å². The molecular weight excluding hydrogens is 266 g/mol. The number of amides is 1. The van der Waals surface area contributed by atoms with Gasteiger partial charge in [0.2, 0.25) is 0 Å². The van der Waals surface area contributed by atoms with Crippen molar-refractivity contribution in [3.8, 4) is 0 Å². The molecule has 1 amide bonds. The molecule has 2 rings (SSSR count). The Kier molecular flexibility index (Phi) is 5.73. The van der Waals surface area contributed by atoms with E-state index in [1.165, 1.54) is 0 Å². The van der Waals surface area contributed by atoms with E-state index in [4.69, 9.17) is 0 Å². The first kappa shape index (κ1) is 15.9. The van der Waals surface area contributed by atoms with Crippen LogP contribution in [0.2, 0.25) is 0 Å². The van der Waals surface area contributed by atoms with Crippen LogP contribution >= 0.6 is 0 Å². The van der Waals surface area contributed by atoms with Gasteiger partial charge in [0.05, 0.1) is 12.2 Å². The highest BCUT2D eigenvalue weighted by atomic mass is 16.2. The third-order valence-electron chi connectivity index (χ3n) is 4.54. The lowest BCUT2D eigenvalue weighted by molar-refractivity contribution is 0.0920. The SMILES string of the molecule is CCC(CC)C(C)NC(=O)c1cn(C2CCNCC2)nn1. The lowest BCUT2D eigenvalue weighted by Crippen LogP contribution is -2.38. The molecule has 118 valence electrons. The van der Waals surface area contributed by atoms with Crippen LogP contribution in [0.15, 0.2) is 6.20 Å². The third kappa shape index (κ3) is 4.03. The fourth-order valence-corrected chi connectivity index (χ4v) is 3.02. The number of nitrogens with one attached hydrogen (secondary N) is 2. The molecule has 1 aliphatic heterocycles. The molecule has 6 heteroatoms. The number of carbonyl (C=O) groups excluding carboxylic acids is 1. The van der Waals surface area contributed by atoms with Gasteiger partial charge in [0.25, 0.3) is 5.91 Å². The molecule has 0 saturated carbocycles. The molecule has 1 aromatic rings. The van der Waals surface area contributed by atoms with Crippen molar-refractivity contribution in [1.82, 2.24) is 25.6 Å². The van der Waals surface area contributed by atoms with Gasteiger partial charge in [-0.1, -0.05) is 31.9 Å². The molecule has 1 saturated heterocycles. The van der Waals surface area contributed by atoms with Crippen LogP contribution in [0.4, 0.5) is 0 Å². The minimum Gasteiger partial charge on any atom is -0.348 e. The van der Waals surface area contributed by atoms with E-state index in [2.05, 4.69) is 41.7 Å². The highest BCUT2D eigenvalue weighted by Crippen LogP contribution is 2.17. The second-order valence-electron chi connectivity index (χ2n) is 5.90. The Labute approximate surface area is 126 Å². The van der Waals surface area contributed by atoms with Crippen LogP contribution in [0.25, 0.3) is 0 Å². The maximum atomic E-state index is 12.2. The lowest BCUT2D eigenvalue weighted by Gasteiger charge is -2.22. The summed E-state index contributed by atoms with van der Waals surface area (Å²) in [4.78, 5) is 12.2. The summed E-state index contributed by atoms with van der Waals surface area (Å²) < 4.78 is 1.84. The molecule has 1 fully saturated rings. The number of piperidine rings is 1. The third-order valence-corrected chi connectivity index (χ3v) is 4.54. The Hall–Kier alpha value is -1.43. The Bertz CT molecular complexity index is 449. The summed E-state index contributed by atoms with van der Waals surface area (Å²) in [7, 11) is 0. The summed E-state index contributed by atoms with van der Waals surface area (Å²) >= 11 is 0. The van der Waals surface area contributed by atoms with Crippen LogP contribution in [0, 0.1) is 5.92 Å². The van der Waals surface area contributed by atoms with E-state index in [1.807, 2.05) is 4.68 Å². The first-order chi connectivity index (χ1) is 10.2. The van der Waals surface area contributed by atoms with Gasteiger partial charge in [0.1, 0.15) is 0 Å². The van der Waals surface area contributed by atoms with Crippen LogP contribution in [0.1, 0.15) is 63.0 Å². The topological polar surface area (TPSA) is 71.8 Å². The maximum Gasteiger partial charge on any atom is 0.273 e. The molecule has 1 atom stereocenters. The van der Waals surface area contributed by atoms with E-state index in [9.17, 15) is 4.79 Å². The zero-order chi connectivity index (χ0) is 15.2.